The number of hydrogen-bond donors (Lipinski definition) is 0. The third-order valence-corrected chi connectivity index (χ3v) is 17.2. The van der Waals surface area contributed by atoms with E-state index in [1.54, 1.807) is 0 Å². The number of aromatic nitrogens is 2. The molecule has 0 atom stereocenters. The Balaban J connectivity index is 1.19. The Bertz CT molecular complexity index is 2720. The van der Waals surface area contributed by atoms with Gasteiger partial charge in [-0.3, -0.25) is 0 Å². The molecular weight excluding hydrogens is 620 g/mol. The molecule has 0 unspecified atom stereocenters. The molecule has 2 aromatic heterocycles. The van der Waals surface area contributed by atoms with Gasteiger partial charge in [0.1, 0.15) is 17.2 Å². The number of nitrogens with zero attached hydrogens (tertiary/aromatic N) is 3. The molecule has 12 rings (SSSR count). The first-order valence-corrected chi connectivity index (χ1v) is 19.9. The number of anilines is 3. The summed E-state index contributed by atoms with van der Waals surface area (Å²) in [6, 6.07) is 50.5. The minimum atomic E-state index is -2.04. The maximum absolute atomic E-state index is 6.93. The summed E-state index contributed by atoms with van der Waals surface area (Å²) in [6.07, 6.45) is 0. The van der Waals surface area contributed by atoms with Gasteiger partial charge < -0.3 is 18.9 Å². The Morgan fingerprint density at radius 1 is 0.500 bits per heavy atom. The van der Waals surface area contributed by atoms with Crippen LogP contribution in [0.1, 0.15) is 0 Å². The zero-order valence-corrected chi connectivity index (χ0v) is 27.9. The van der Waals surface area contributed by atoms with Crippen molar-refractivity contribution in [2.24, 2.45) is 0 Å². The number of benzene rings is 6. The highest BCUT2D eigenvalue weighted by Gasteiger charge is 2.48. The first-order valence-electron chi connectivity index (χ1n) is 16.5. The average molecular weight is 644 g/mol. The van der Waals surface area contributed by atoms with E-state index in [0.29, 0.717) is 0 Å². The van der Waals surface area contributed by atoms with Crippen LogP contribution in [0.5, 0.6) is 23.1 Å². The van der Waals surface area contributed by atoms with Gasteiger partial charge in [0.25, 0.3) is 0 Å². The molecule has 0 fully saturated rings. The molecule has 7 heteroatoms. The van der Waals surface area contributed by atoms with Gasteiger partial charge >= 0.3 is 28.3 Å². The van der Waals surface area contributed by atoms with E-state index >= 15 is 0 Å². The van der Waals surface area contributed by atoms with Crippen LogP contribution in [0.25, 0.3) is 27.5 Å². The SMILES string of the molecule is c1ccc(N2c3c[c]4c(n[c]3[Al]3[c]5ccccc5Oc5cccc2[c]53)Oc2cccc3[c]2[Al]4[c]2cccc4c5ccccc5n-3c24)cc1. The molecule has 48 heavy (non-hydrogen) atoms. The number of ether oxygens (including phenoxy) is 2. The highest BCUT2D eigenvalue weighted by Crippen LogP contribution is 2.42. The van der Waals surface area contributed by atoms with E-state index in [2.05, 4.69) is 149 Å². The molecule has 0 bridgehead atoms. The van der Waals surface area contributed by atoms with Crippen molar-refractivity contribution in [1.82, 2.24) is 9.55 Å². The fourth-order valence-corrected chi connectivity index (χ4v) is 15.7. The highest BCUT2D eigenvalue weighted by molar-refractivity contribution is 7.00. The van der Waals surface area contributed by atoms with E-state index in [4.69, 9.17) is 14.5 Å². The maximum atomic E-state index is 6.93. The fourth-order valence-electron chi connectivity index (χ4n) is 8.87. The second kappa shape index (κ2) is 9.21. The summed E-state index contributed by atoms with van der Waals surface area (Å²) >= 11 is -4.06. The van der Waals surface area contributed by atoms with Crippen molar-refractivity contribution in [1.29, 1.82) is 0 Å². The Morgan fingerprint density at radius 3 is 2.10 bits per heavy atom. The largest absolute Gasteiger partial charge is 0.460 e. The van der Waals surface area contributed by atoms with E-state index < -0.39 is 28.3 Å². The second-order valence-electron chi connectivity index (χ2n) is 13.0. The normalized spacial score (nSPS) is 14.0. The van der Waals surface area contributed by atoms with Crippen LogP contribution < -0.4 is 41.1 Å². The second-order valence-corrected chi connectivity index (χ2v) is 18.3. The Morgan fingerprint density at radius 2 is 1.19 bits per heavy atom. The quantitative estimate of drug-likeness (QED) is 0.221. The van der Waals surface area contributed by atoms with E-state index in [1.807, 2.05) is 0 Å². The van der Waals surface area contributed by atoms with Gasteiger partial charge in [-0.25, -0.2) is 4.98 Å². The molecule has 5 nitrogen and oxygen atoms in total. The van der Waals surface area contributed by atoms with Crippen molar-refractivity contribution in [2.75, 3.05) is 4.90 Å². The maximum Gasteiger partial charge on any atom is 0.430 e. The van der Waals surface area contributed by atoms with Crippen molar-refractivity contribution in [3.8, 4) is 28.8 Å². The average Bonchev–Trinajstić information content (AvgIpc) is 3.48. The van der Waals surface area contributed by atoms with Crippen molar-refractivity contribution >= 4 is 93.8 Å². The Hall–Kier alpha value is -5.27. The molecule has 8 aromatic rings. The number of rotatable bonds is 1. The summed E-state index contributed by atoms with van der Waals surface area (Å²) in [4.78, 5) is 8.05. The van der Waals surface area contributed by atoms with Crippen molar-refractivity contribution in [2.45, 2.75) is 0 Å². The molecule has 0 spiro atoms. The van der Waals surface area contributed by atoms with Crippen LogP contribution >= 0.6 is 0 Å². The molecule has 0 amide bonds. The van der Waals surface area contributed by atoms with Gasteiger partial charge in [-0.05, 0) is 67.9 Å². The molecule has 0 radical (unpaired) electrons. The first kappa shape index (κ1) is 25.8. The number of hydrogen-bond acceptors (Lipinski definition) is 4. The van der Waals surface area contributed by atoms with Gasteiger partial charge in [-0.2, -0.15) is 0 Å². The van der Waals surface area contributed by atoms with Crippen LogP contribution in [0.2, 0.25) is 0 Å². The van der Waals surface area contributed by atoms with E-state index in [1.165, 1.54) is 55.3 Å². The van der Waals surface area contributed by atoms with Crippen molar-refractivity contribution in [3.63, 3.8) is 0 Å². The fraction of sp³-hybridized carbons (Fsp3) is 0. The van der Waals surface area contributed by atoms with Crippen LogP contribution in [0, 0.1) is 0 Å². The lowest BCUT2D eigenvalue weighted by Gasteiger charge is -2.40. The van der Waals surface area contributed by atoms with Gasteiger partial charge in [0.15, 0.2) is 0 Å². The smallest absolute Gasteiger partial charge is 0.430 e. The molecule has 6 aromatic carbocycles. The van der Waals surface area contributed by atoms with E-state index in [-0.39, 0.29) is 0 Å². The van der Waals surface area contributed by atoms with Crippen LogP contribution in [0.4, 0.5) is 17.1 Å². The molecule has 4 aliphatic rings. The first-order chi connectivity index (χ1) is 23.8. The van der Waals surface area contributed by atoms with Crippen LogP contribution in [0.15, 0.2) is 140 Å². The molecule has 220 valence electrons. The van der Waals surface area contributed by atoms with Crippen molar-refractivity contribution < 1.29 is 9.47 Å². The zero-order valence-electron chi connectivity index (χ0n) is 25.6. The van der Waals surface area contributed by atoms with Gasteiger partial charge in [0, 0.05) is 37.9 Å². The van der Waals surface area contributed by atoms with Gasteiger partial charge in [-0.1, -0.05) is 93.8 Å². The van der Waals surface area contributed by atoms with E-state index in [9.17, 15) is 0 Å². The molecule has 6 heterocycles. The molecule has 0 N–H and O–H groups in total. The summed E-state index contributed by atoms with van der Waals surface area (Å²) in [5.74, 6) is 3.58. The lowest BCUT2D eigenvalue weighted by Crippen LogP contribution is -2.63. The van der Waals surface area contributed by atoms with Crippen LogP contribution in [0.3, 0.4) is 0 Å². The molecular formula is C41H23Al2N3O2. The van der Waals surface area contributed by atoms with E-state index in [0.717, 1.165) is 39.1 Å². The van der Waals surface area contributed by atoms with Gasteiger partial charge in [0.05, 0.1) is 11.2 Å². The van der Waals surface area contributed by atoms with Gasteiger partial charge in [0.2, 0.25) is 5.88 Å². The summed E-state index contributed by atoms with van der Waals surface area (Å²) in [5, 5.41) is 2.60. The summed E-state index contributed by atoms with van der Waals surface area (Å²) in [5.41, 5.74) is 7.26. The topological polar surface area (TPSA) is 39.5 Å². The molecule has 4 aliphatic heterocycles. The predicted octanol–water partition coefficient (Wildman–Crippen LogP) is 5.52. The summed E-state index contributed by atoms with van der Waals surface area (Å²) in [7, 11) is 0. The summed E-state index contributed by atoms with van der Waals surface area (Å²) in [6.45, 7) is 0. The monoisotopic (exact) mass is 643 g/mol. The third kappa shape index (κ3) is 3.16. The summed E-state index contributed by atoms with van der Waals surface area (Å²) < 4.78 is 23.7. The predicted molar refractivity (Wildman–Crippen MR) is 196 cm³/mol. The molecule has 0 aliphatic carbocycles. The standard InChI is InChI=1S/C41H23N3O2.2Al/c1-3-13-30(14-4-1)43(31-15-11-19-35(27-31)45-34-17-5-2-6-18-34)33-25-26-41(42-29-33)46-36-20-12-16-32(28-36)44-39-23-9-7-21-37(39)38-22-8-10-24-40(38)44;;/h1-17,19-23,25H;;. The third-order valence-electron chi connectivity index (χ3n) is 10.7. The minimum absolute atomic E-state index is 0.766. The minimum Gasteiger partial charge on any atom is -0.460 e. The lowest BCUT2D eigenvalue weighted by atomic mass is 10.1. The highest BCUT2D eigenvalue weighted by atomic mass is 27.2. The van der Waals surface area contributed by atoms with Crippen LogP contribution in [-0.2, 0) is 0 Å². The Kier molecular flexibility index (Phi) is 4.94. The Labute approximate surface area is 284 Å². The lowest BCUT2D eigenvalue weighted by molar-refractivity contribution is 0.469. The number of fused-ring (bicyclic) bond motifs is 11. The zero-order chi connectivity index (χ0) is 31.1. The number of para-hydroxylation sites is 4. The number of pyridine rings is 1. The molecule has 0 saturated carbocycles. The van der Waals surface area contributed by atoms with Crippen LogP contribution in [-0.4, -0.2) is 37.8 Å². The molecule has 0 saturated heterocycles. The van der Waals surface area contributed by atoms with Gasteiger partial charge in [-0.15, -0.1) is 0 Å². The van der Waals surface area contributed by atoms with Crippen molar-refractivity contribution in [3.05, 3.63) is 140 Å².